The van der Waals surface area contributed by atoms with Crippen molar-refractivity contribution >= 4 is 5.91 Å². The number of aliphatic hydroxyl groups excluding tert-OH is 1. The summed E-state index contributed by atoms with van der Waals surface area (Å²) in [6.07, 6.45) is 0.759. The third-order valence-electron chi connectivity index (χ3n) is 3.62. The van der Waals surface area contributed by atoms with Crippen LogP contribution in [-0.4, -0.2) is 17.6 Å². The molecule has 1 atom stereocenters. The van der Waals surface area contributed by atoms with Crippen molar-refractivity contribution in [3.63, 3.8) is 0 Å². The molecule has 0 bridgehead atoms. The summed E-state index contributed by atoms with van der Waals surface area (Å²) < 4.78 is 0. The fourth-order valence-corrected chi connectivity index (χ4v) is 1.59. The minimum Gasteiger partial charge on any atom is -0.394 e. The zero-order chi connectivity index (χ0) is 13.8. The quantitative estimate of drug-likeness (QED) is 0.842. The van der Waals surface area contributed by atoms with Gasteiger partial charge in [0.15, 0.2) is 0 Å². The predicted molar refractivity (Wildman–Crippen MR) is 73.1 cm³/mol. The van der Waals surface area contributed by atoms with Crippen LogP contribution in [0.4, 0.5) is 0 Å². The number of nitrogens with one attached hydrogen (secondary N) is 1. The van der Waals surface area contributed by atoms with Gasteiger partial charge in [0.25, 0.3) is 0 Å². The molecule has 3 heteroatoms. The van der Waals surface area contributed by atoms with E-state index >= 15 is 0 Å². The molecular formula is C15H23NO2. The van der Waals surface area contributed by atoms with Crippen molar-refractivity contribution in [3.05, 3.63) is 35.9 Å². The standard InChI is InChI=1S/C15H23NO2/c1-5-14(2,3)13(18)16-15(4,11-17)12-9-7-6-8-10-12/h6-10,17H,5,11H2,1-4H3,(H,16,18). The van der Waals surface area contributed by atoms with E-state index in [-0.39, 0.29) is 12.5 Å². The first-order chi connectivity index (χ1) is 8.35. The Morgan fingerprint density at radius 1 is 1.22 bits per heavy atom. The lowest BCUT2D eigenvalue weighted by molar-refractivity contribution is -0.132. The lowest BCUT2D eigenvalue weighted by atomic mass is 9.86. The third-order valence-corrected chi connectivity index (χ3v) is 3.62. The first-order valence-corrected chi connectivity index (χ1v) is 6.35. The Balaban J connectivity index is 2.95. The number of rotatable bonds is 5. The molecule has 2 N–H and O–H groups in total. The molecule has 1 rings (SSSR count). The first-order valence-electron chi connectivity index (χ1n) is 6.35. The van der Waals surface area contributed by atoms with E-state index in [0.717, 1.165) is 12.0 Å². The van der Waals surface area contributed by atoms with Gasteiger partial charge < -0.3 is 10.4 Å². The summed E-state index contributed by atoms with van der Waals surface area (Å²) >= 11 is 0. The molecule has 0 aliphatic heterocycles. The molecule has 0 saturated heterocycles. The van der Waals surface area contributed by atoms with Crippen molar-refractivity contribution in [2.75, 3.05) is 6.61 Å². The second-order valence-corrected chi connectivity index (χ2v) is 5.55. The van der Waals surface area contributed by atoms with Crippen LogP contribution in [0.1, 0.15) is 39.7 Å². The molecule has 0 aromatic heterocycles. The Kier molecular flexibility index (Phi) is 4.52. The summed E-state index contributed by atoms with van der Waals surface area (Å²) in [6.45, 7) is 7.52. The number of hydrogen-bond donors (Lipinski definition) is 2. The van der Waals surface area contributed by atoms with Gasteiger partial charge in [-0.1, -0.05) is 51.1 Å². The maximum absolute atomic E-state index is 12.2. The molecule has 1 aromatic rings. The van der Waals surface area contributed by atoms with Crippen LogP contribution in [0.15, 0.2) is 30.3 Å². The molecule has 18 heavy (non-hydrogen) atoms. The van der Waals surface area contributed by atoms with Gasteiger partial charge >= 0.3 is 0 Å². The van der Waals surface area contributed by atoms with Crippen LogP contribution >= 0.6 is 0 Å². The molecule has 3 nitrogen and oxygen atoms in total. The van der Waals surface area contributed by atoms with Gasteiger partial charge in [0.1, 0.15) is 0 Å². The van der Waals surface area contributed by atoms with E-state index in [0.29, 0.717) is 0 Å². The molecule has 1 amide bonds. The van der Waals surface area contributed by atoms with Crippen molar-refractivity contribution in [1.82, 2.24) is 5.32 Å². The van der Waals surface area contributed by atoms with Gasteiger partial charge in [-0.2, -0.15) is 0 Å². The van der Waals surface area contributed by atoms with Crippen LogP contribution in [0.25, 0.3) is 0 Å². The van der Waals surface area contributed by atoms with Crippen LogP contribution in [0.3, 0.4) is 0 Å². The molecule has 1 unspecified atom stereocenters. The SMILES string of the molecule is CCC(C)(C)C(=O)NC(C)(CO)c1ccccc1. The summed E-state index contributed by atoms with van der Waals surface area (Å²) in [5, 5.41) is 12.6. The van der Waals surface area contributed by atoms with Crippen LogP contribution in [0.2, 0.25) is 0 Å². The Morgan fingerprint density at radius 3 is 2.22 bits per heavy atom. The van der Waals surface area contributed by atoms with E-state index < -0.39 is 11.0 Å². The van der Waals surface area contributed by atoms with Gasteiger partial charge in [0.05, 0.1) is 12.1 Å². The highest BCUT2D eigenvalue weighted by atomic mass is 16.3. The van der Waals surface area contributed by atoms with E-state index in [1.807, 2.05) is 58.0 Å². The lowest BCUT2D eigenvalue weighted by Gasteiger charge is -2.33. The summed E-state index contributed by atoms with van der Waals surface area (Å²) in [7, 11) is 0. The minimum atomic E-state index is -0.731. The van der Waals surface area contributed by atoms with E-state index in [2.05, 4.69) is 5.32 Å². The van der Waals surface area contributed by atoms with Crippen LogP contribution in [-0.2, 0) is 10.3 Å². The largest absolute Gasteiger partial charge is 0.394 e. The number of aliphatic hydroxyl groups is 1. The number of carbonyl (C=O) groups excluding carboxylic acids is 1. The topological polar surface area (TPSA) is 49.3 Å². The zero-order valence-electron chi connectivity index (χ0n) is 11.7. The van der Waals surface area contributed by atoms with Crippen LogP contribution < -0.4 is 5.32 Å². The average molecular weight is 249 g/mol. The Labute approximate surface area is 109 Å². The highest BCUT2D eigenvalue weighted by Crippen LogP contribution is 2.25. The van der Waals surface area contributed by atoms with Crippen molar-refractivity contribution in [2.24, 2.45) is 5.41 Å². The maximum Gasteiger partial charge on any atom is 0.226 e. The van der Waals surface area contributed by atoms with Crippen LogP contribution in [0.5, 0.6) is 0 Å². The van der Waals surface area contributed by atoms with Gasteiger partial charge in [-0.25, -0.2) is 0 Å². The second-order valence-electron chi connectivity index (χ2n) is 5.55. The number of amides is 1. The van der Waals surface area contributed by atoms with Crippen molar-refractivity contribution in [3.8, 4) is 0 Å². The molecule has 0 spiro atoms. The Morgan fingerprint density at radius 2 is 1.78 bits per heavy atom. The molecule has 0 aliphatic rings. The molecule has 0 fully saturated rings. The lowest BCUT2D eigenvalue weighted by Crippen LogP contribution is -2.50. The molecule has 0 aliphatic carbocycles. The fraction of sp³-hybridized carbons (Fsp3) is 0.533. The van der Waals surface area contributed by atoms with Crippen molar-refractivity contribution in [2.45, 2.75) is 39.7 Å². The van der Waals surface area contributed by atoms with Gasteiger partial charge in [-0.15, -0.1) is 0 Å². The summed E-state index contributed by atoms with van der Waals surface area (Å²) in [5.74, 6) is -0.0367. The van der Waals surface area contributed by atoms with E-state index in [4.69, 9.17) is 0 Å². The Hall–Kier alpha value is -1.35. The Bertz CT molecular complexity index is 400. The first kappa shape index (κ1) is 14.7. The highest BCUT2D eigenvalue weighted by Gasteiger charge is 2.33. The second kappa shape index (κ2) is 5.53. The molecule has 0 radical (unpaired) electrons. The number of carbonyl (C=O) groups is 1. The summed E-state index contributed by atoms with van der Waals surface area (Å²) in [4.78, 5) is 12.2. The van der Waals surface area contributed by atoms with E-state index in [1.165, 1.54) is 0 Å². The minimum absolute atomic E-state index is 0.0367. The van der Waals surface area contributed by atoms with Crippen molar-refractivity contribution < 1.29 is 9.90 Å². The molecule has 100 valence electrons. The van der Waals surface area contributed by atoms with E-state index in [1.54, 1.807) is 0 Å². The van der Waals surface area contributed by atoms with E-state index in [9.17, 15) is 9.90 Å². The maximum atomic E-state index is 12.2. The summed E-state index contributed by atoms with van der Waals surface area (Å²) in [5.41, 5.74) is -0.247. The summed E-state index contributed by atoms with van der Waals surface area (Å²) in [6, 6.07) is 9.55. The number of benzene rings is 1. The van der Waals surface area contributed by atoms with Gasteiger partial charge in [-0.05, 0) is 18.9 Å². The smallest absolute Gasteiger partial charge is 0.226 e. The molecule has 0 heterocycles. The van der Waals surface area contributed by atoms with Crippen LogP contribution in [0, 0.1) is 5.41 Å². The van der Waals surface area contributed by atoms with Crippen molar-refractivity contribution in [1.29, 1.82) is 0 Å². The fourth-order valence-electron chi connectivity index (χ4n) is 1.59. The van der Waals surface area contributed by atoms with Gasteiger partial charge in [0, 0.05) is 5.41 Å². The number of hydrogen-bond acceptors (Lipinski definition) is 2. The molecule has 0 saturated carbocycles. The average Bonchev–Trinajstić information content (AvgIpc) is 2.39. The highest BCUT2D eigenvalue weighted by molar-refractivity contribution is 5.82. The monoisotopic (exact) mass is 249 g/mol. The van der Waals surface area contributed by atoms with Gasteiger partial charge in [-0.3, -0.25) is 4.79 Å². The van der Waals surface area contributed by atoms with Gasteiger partial charge in [0.2, 0.25) is 5.91 Å². The normalized spacial score (nSPS) is 14.9. The molecular weight excluding hydrogens is 226 g/mol. The third kappa shape index (κ3) is 3.10. The predicted octanol–water partition coefficient (Wildman–Crippen LogP) is 2.45. The zero-order valence-corrected chi connectivity index (χ0v) is 11.7. The molecule has 1 aromatic carbocycles.